The highest BCUT2D eigenvalue weighted by molar-refractivity contribution is 6.19. The third-order valence-corrected chi connectivity index (χ3v) is 1.87. The molecule has 0 fully saturated rings. The maximum absolute atomic E-state index is 12.7. The molecular formula is C10H13F4NO3. The maximum atomic E-state index is 12.7. The van der Waals surface area contributed by atoms with Crippen LogP contribution in [0.1, 0.15) is 6.92 Å². The van der Waals surface area contributed by atoms with E-state index in [-0.39, 0.29) is 6.61 Å². The lowest BCUT2D eigenvalue weighted by Crippen LogP contribution is -2.30. The van der Waals surface area contributed by atoms with Crippen LogP contribution in [0.25, 0.3) is 0 Å². The average Bonchev–Trinajstić information content (AvgIpc) is 2.23. The summed E-state index contributed by atoms with van der Waals surface area (Å²) in [5.41, 5.74) is -2.40. The number of carbonyl (C=O) groups excluding carboxylic acids is 2. The Balaban J connectivity index is 5.76. The summed E-state index contributed by atoms with van der Waals surface area (Å²) in [6.07, 6.45) is -6.81. The van der Waals surface area contributed by atoms with Crippen molar-refractivity contribution in [3.63, 3.8) is 0 Å². The first kappa shape index (κ1) is 16.4. The van der Waals surface area contributed by atoms with Crippen LogP contribution in [0.15, 0.2) is 11.3 Å². The Bertz CT molecular complexity index is 343. The number of allylic oxidation sites excluding steroid dienone is 1. The molecule has 0 aliphatic heterocycles. The molecule has 0 bridgehead atoms. The summed E-state index contributed by atoms with van der Waals surface area (Å²) < 4.78 is 54.4. The lowest BCUT2D eigenvalue weighted by atomic mass is 10.1. The van der Waals surface area contributed by atoms with Crippen LogP contribution in [0.5, 0.6) is 0 Å². The van der Waals surface area contributed by atoms with Gasteiger partial charge < -0.3 is 9.64 Å². The van der Waals surface area contributed by atoms with Gasteiger partial charge in [-0.15, -0.1) is 0 Å². The Labute approximate surface area is 101 Å². The number of rotatable bonds is 6. The van der Waals surface area contributed by atoms with E-state index in [1.54, 1.807) is 0 Å². The molecule has 0 saturated carbocycles. The molecule has 0 aliphatic rings. The topological polar surface area (TPSA) is 46.6 Å². The molecule has 0 aliphatic carbocycles. The maximum Gasteiger partial charge on any atom is 0.344 e. The number of hydrogen-bond acceptors (Lipinski definition) is 4. The zero-order valence-electron chi connectivity index (χ0n) is 10.0. The smallest absolute Gasteiger partial charge is 0.344 e. The van der Waals surface area contributed by atoms with Gasteiger partial charge in [0, 0.05) is 14.1 Å². The normalized spacial score (nSPS) is 12.5. The minimum absolute atomic E-state index is 0.219. The molecule has 0 aromatic carbocycles. The molecule has 104 valence electrons. The van der Waals surface area contributed by atoms with Crippen LogP contribution in [-0.2, 0) is 14.3 Å². The standard InChI is InChI=1S/C10H13F4NO3/c1-4-18-10(17)5(7(16)9(13)14)6(8(11)12)15(2)3/h8-9H,4H2,1-3H3/b6-5-. The zero-order chi connectivity index (χ0) is 14.5. The largest absolute Gasteiger partial charge is 0.462 e. The predicted octanol–water partition coefficient (Wildman–Crippen LogP) is 1.46. The monoisotopic (exact) mass is 271 g/mol. The number of ketones is 1. The van der Waals surface area contributed by atoms with Crippen LogP contribution in [-0.4, -0.2) is 50.2 Å². The first-order valence-electron chi connectivity index (χ1n) is 4.93. The summed E-state index contributed by atoms with van der Waals surface area (Å²) in [6.45, 7) is 1.14. The number of hydrogen-bond donors (Lipinski definition) is 0. The highest BCUT2D eigenvalue weighted by atomic mass is 19.3. The number of alkyl halides is 4. The van der Waals surface area contributed by atoms with E-state index in [1.807, 2.05) is 0 Å². The summed E-state index contributed by atoms with van der Waals surface area (Å²) in [4.78, 5) is 23.2. The minimum atomic E-state index is -3.56. The summed E-state index contributed by atoms with van der Waals surface area (Å²) in [7, 11) is 2.22. The van der Waals surface area contributed by atoms with E-state index in [0.29, 0.717) is 0 Å². The first-order chi connectivity index (χ1) is 8.23. The van der Waals surface area contributed by atoms with E-state index in [2.05, 4.69) is 4.74 Å². The molecule has 0 aromatic rings. The second-order valence-corrected chi connectivity index (χ2v) is 3.34. The zero-order valence-corrected chi connectivity index (χ0v) is 10.0. The highest BCUT2D eigenvalue weighted by Crippen LogP contribution is 2.20. The predicted molar refractivity (Wildman–Crippen MR) is 54.4 cm³/mol. The summed E-state index contributed by atoms with van der Waals surface area (Å²) in [6, 6.07) is 0. The average molecular weight is 271 g/mol. The van der Waals surface area contributed by atoms with Crippen molar-refractivity contribution in [3.05, 3.63) is 11.3 Å². The molecule has 0 saturated heterocycles. The Morgan fingerprint density at radius 3 is 1.89 bits per heavy atom. The fraction of sp³-hybridized carbons (Fsp3) is 0.600. The number of carbonyl (C=O) groups is 2. The summed E-state index contributed by atoms with van der Waals surface area (Å²) in [5, 5.41) is 0. The fourth-order valence-corrected chi connectivity index (χ4v) is 1.17. The molecule has 0 atom stereocenters. The number of esters is 1. The fourth-order valence-electron chi connectivity index (χ4n) is 1.17. The van der Waals surface area contributed by atoms with Crippen molar-refractivity contribution >= 4 is 11.8 Å². The van der Waals surface area contributed by atoms with Gasteiger partial charge in [-0.3, -0.25) is 4.79 Å². The molecule has 0 rings (SSSR count). The molecule has 0 N–H and O–H groups in total. The van der Waals surface area contributed by atoms with Gasteiger partial charge in [-0.1, -0.05) is 0 Å². The molecule has 0 amide bonds. The third-order valence-electron chi connectivity index (χ3n) is 1.87. The molecule has 18 heavy (non-hydrogen) atoms. The molecule has 0 aromatic heterocycles. The van der Waals surface area contributed by atoms with E-state index in [0.717, 1.165) is 19.0 Å². The lowest BCUT2D eigenvalue weighted by Gasteiger charge is -2.19. The SMILES string of the molecule is CCOC(=O)/C(C(=O)C(F)F)=C(/C(F)F)N(C)C. The van der Waals surface area contributed by atoms with Gasteiger partial charge in [0.15, 0.2) is 0 Å². The third kappa shape index (κ3) is 4.01. The van der Waals surface area contributed by atoms with Gasteiger partial charge in [0.1, 0.15) is 5.57 Å². The van der Waals surface area contributed by atoms with Crippen LogP contribution in [0.2, 0.25) is 0 Å². The van der Waals surface area contributed by atoms with Gasteiger partial charge in [0.25, 0.3) is 6.43 Å². The molecule has 0 heterocycles. The van der Waals surface area contributed by atoms with Crippen molar-refractivity contribution < 1.29 is 31.9 Å². The van der Waals surface area contributed by atoms with Crippen molar-refractivity contribution in [1.29, 1.82) is 0 Å². The van der Waals surface area contributed by atoms with Gasteiger partial charge in [0.05, 0.1) is 12.3 Å². The summed E-state index contributed by atoms with van der Waals surface area (Å²) >= 11 is 0. The van der Waals surface area contributed by atoms with E-state index in [4.69, 9.17) is 0 Å². The Hall–Kier alpha value is -1.60. The first-order valence-corrected chi connectivity index (χ1v) is 4.93. The van der Waals surface area contributed by atoms with Crippen molar-refractivity contribution in [2.24, 2.45) is 0 Å². The lowest BCUT2D eigenvalue weighted by molar-refractivity contribution is -0.142. The minimum Gasteiger partial charge on any atom is -0.462 e. The highest BCUT2D eigenvalue weighted by Gasteiger charge is 2.34. The molecule has 0 unspecified atom stereocenters. The Morgan fingerprint density at radius 2 is 1.61 bits per heavy atom. The van der Waals surface area contributed by atoms with Gasteiger partial charge in [-0.25, -0.2) is 22.4 Å². The van der Waals surface area contributed by atoms with Gasteiger partial charge >= 0.3 is 12.4 Å². The number of halogens is 4. The number of Topliss-reactive ketones (excluding diaryl/α,β-unsaturated/α-hetero) is 1. The van der Waals surface area contributed by atoms with Crippen molar-refractivity contribution in [2.75, 3.05) is 20.7 Å². The van der Waals surface area contributed by atoms with E-state index >= 15 is 0 Å². The Morgan fingerprint density at radius 1 is 1.11 bits per heavy atom. The number of ether oxygens (including phenoxy) is 1. The molecule has 8 heteroatoms. The van der Waals surface area contributed by atoms with Gasteiger partial charge in [-0.2, -0.15) is 0 Å². The number of nitrogens with zero attached hydrogens (tertiary/aromatic N) is 1. The van der Waals surface area contributed by atoms with E-state index in [1.165, 1.54) is 6.92 Å². The Kier molecular flexibility index (Phi) is 6.35. The van der Waals surface area contributed by atoms with Crippen LogP contribution < -0.4 is 0 Å². The van der Waals surface area contributed by atoms with Crippen molar-refractivity contribution in [3.8, 4) is 0 Å². The van der Waals surface area contributed by atoms with Crippen LogP contribution in [0.3, 0.4) is 0 Å². The molecule has 0 spiro atoms. The van der Waals surface area contributed by atoms with Crippen molar-refractivity contribution in [2.45, 2.75) is 19.8 Å². The summed E-state index contributed by atoms with van der Waals surface area (Å²) in [5.74, 6) is -3.45. The molecular weight excluding hydrogens is 258 g/mol. The second kappa shape index (κ2) is 6.97. The van der Waals surface area contributed by atoms with Crippen LogP contribution in [0, 0.1) is 0 Å². The second-order valence-electron chi connectivity index (χ2n) is 3.34. The van der Waals surface area contributed by atoms with E-state index in [9.17, 15) is 27.2 Å². The van der Waals surface area contributed by atoms with Crippen molar-refractivity contribution in [1.82, 2.24) is 4.90 Å². The molecule has 4 nitrogen and oxygen atoms in total. The van der Waals surface area contributed by atoms with Gasteiger partial charge in [0.2, 0.25) is 5.78 Å². The van der Waals surface area contributed by atoms with Crippen LogP contribution in [0.4, 0.5) is 17.6 Å². The van der Waals surface area contributed by atoms with Gasteiger partial charge in [-0.05, 0) is 6.92 Å². The molecule has 0 radical (unpaired) electrons. The van der Waals surface area contributed by atoms with Crippen LogP contribution >= 0.6 is 0 Å². The van der Waals surface area contributed by atoms with E-state index < -0.39 is 35.9 Å². The quantitative estimate of drug-likeness (QED) is 0.241.